The van der Waals surface area contributed by atoms with E-state index in [1.807, 2.05) is 62.3 Å². The van der Waals surface area contributed by atoms with Crippen LogP contribution < -0.4 is 62.7 Å². The van der Waals surface area contributed by atoms with Gasteiger partial charge in [-0.05, 0) is 78.9 Å². The van der Waals surface area contributed by atoms with E-state index in [0.29, 0.717) is 98.3 Å². The van der Waals surface area contributed by atoms with Crippen LogP contribution in [-0.2, 0) is 21.0 Å². The number of urea groups is 2. The lowest BCUT2D eigenvalue weighted by Crippen LogP contribution is -2.28. The topological polar surface area (TPSA) is 361 Å². The number of amides is 8. The molecule has 10 N–H and O–H groups in total. The summed E-state index contributed by atoms with van der Waals surface area (Å²) in [6.45, 7) is 17.9. The Hall–Kier alpha value is -11.6. The molecule has 0 bridgehead atoms. The number of nitrogens with zero attached hydrogens (tertiary/aromatic N) is 6. The van der Waals surface area contributed by atoms with Crippen molar-refractivity contribution in [1.82, 2.24) is 30.8 Å². The minimum atomic E-state index is -0.648. The van der Waals surface area contributed by atoms with Gasteiger partial charge in [0.05, 0.1) is 5.69 Å². The largest absolute Gasteiger partial charge is 0.457 e. The zero-order chi connectivity index (χ0) is 63.8. The number of aromatic nitrogens is 5. The molecular weight excluding hydrogens is 1130 g/mol. The van der Waals surface area contributed by atoms with Crippen LogP contribution in [-0.4, -0.2) is 68.7 Å². The Labute approximate surface area is 505 Å². The monoisotopic (exact) mass is 1200 g/mol. The van der Waals surface area contributed by atoms with Gasteiger partial charge in [0.2, 0.25) is 12.3 Å². The summed E-state index contributed by atoms with van der Waals surface area (Å²) in [6, 6.07) is 37.4. The molecule has 26 nitrogen and oxygen atoms in total. The predicted octanol–water partition coefficient (Wildman–Crippen LogP) is 11.9. The summed E-state index contributed by atoms with van der Waals surface area (Å²) in [6.07, 6.45) is 3.54. The second kappa shape index (κ2) is 28.3. The molecule has 0 aliphatic rings. The maximum atomic E-state index is 12.2. The van der Waals surface area contributed by atoms with Crippen molar-refractivity contribution >= 4 is 70.7 Å². The van der Waals surface area contributed by atoms with Crippen molar-refractivity contribution in [3.8, 4) is 34.5 Å². The number of benzene rings is 4. The Morgan fingerprint density at radius 1 is 0.477 bits per heavy atom. The van der Waals surface area contributed by atoms with Crippen LogP contribution in [0.1, 0.15) is 111 Å². The summed E-state index contributed by atoms with van der Waals surface area (Å²) in [7, 11) is 1.53. The van der Waals surface area contributed by atoms with E-state index in [4.69, 9.17) is 39.2 Å². The molecule has 0 aliphatic heterocycles. The number of carbonyl (C=O) groups is 6. The van der Waals surface area contributed by atoms with E-state index in [0.717, 1.165) is 0 Å². The number of carbonyl (C=O) groups excluding carboxylic acids is 6. The van der Waals surface area contributed by atoms with E-state index in [1.54, 1.807) is 127 Å². The minimum Gasteiger partial charge on any atom is -0.457 e. The van der Waals surface area contributed by atoms with Crippen molar-refractivity contribution in [2.24, 2.45) is 11.5 Å². The molecule has 0 spiro atoms. The second-order valence-electron chi connectivity index (χ2n) is 22.2. The van der Waals surface area contributed by atoms with Crippen LogP contribution >= 0.6 is 0 Å². The molecule has 26 heteroatoms. The third-order valence-electron chi connectivity index (χ3n) is 11.9. The number of rotatable bonds is 17. The zero-order valence-electron chi connectivity index (χ0n) is 49.7. The Bertz CT molecular complexity index is 3900. The van der Waals surface area contributed by atoms with Crippen molar-refractivity contribution in [2.75, 3.05) is 38.7 Å². The highest BCUT2D eigenvalue weighted by Gasteiger charge is 2.23. The zero-order valence-corrected chi connectivity index (χ0v) is 49.7. The fourth-order valence-electron chi connectivity index (χ4n) is 7.29. The van der Waals surface area contributed by atoms with E-state index < -0.39 is 23.9 Å². The van der Waals surface area contributed by atoms with Crippen LogP contribution in [0.15, 0.2) is 165 Å². The molecule has 0 atom stereocenters. The summed E-state index contributed by atoms with van der Waals surface area (Å²) in [5.41, 5.74) is 15.1. The highest BCUT2D eigenvalue weighted by Crippen LogP contribution is 2.31. The average molecular weight is 1200 g/mol. The molecule has 456 valence electrons. The summed E-state index contributed by atoms with van der Waals surface area (Å²) in [4.78, 5) is 78.1. The first-order chi connectivity index (χ1) is 41.7. The Morgan fingerprint density at radius 3 is 1.44 bits per heavy atom. The fraction of sp³-hybridized carbons (Fsp3) is 0.210. The van der Waals surface area contributed by atoms with Crippen molar-refractivity contribution in [3.05, 3.63) is 186 Å². The van der Waals surface area contributed by atoms with Gasteiger partial charge in [-0.25, -0.2) is 14.6 Å². The van der Waals surface area contributed by atoms with Gasteiger partial charge in [-0.2, -0.15) is 0 Å². The van der Waals surface area contributed by atoms with Crippen molar-refractivity contribution < 1.29 is 56.5 Å². The third-order valence-corrected chi connectivity index (χ3v) is 11.9. The van der Waals surface area contributed by atoms with Gasteiger partial charge < -0.3 is 55.2 Å². The van der Waals surface area contributed by atoms with Crippen LogP contribution in [0.2, 0.25) is 0 Å². The van der Waals surface area contributed by atoms with Gasteiger partial charge in [-0.3, -0.25) is 45.2 Å². The average Bonchev–Trinajstić information content (AvgIpc) is 3.94. The highest BCUT2D eigenvalue weighted by molar-refractivity contribution is 6.00. The van der Waals surface area contributed by atoms with E-state index in [-0.39, 0.29) is 33.5 Å². The minimum absolute atomic E-state index is 0.0957. The van der Waals surface area contributed by atoms with E-state index >= 15 is 0 Å². The number of anilines is 6. The normalized spacial score (nSPS) is 11.0. The van der Waals surface area contributed by atoms with Gasteiger partial charge >= 0.3 is 12.1 Å². The Kier molecular flexibility index (Phi) is 20.6. The number of hydrogen-bond acceptors (Lipinski definition) is 18. The molecule has 5 heterocycles. The quantitative estimate of drug-likeness (QED) is 0.0310. The first-order valence-corrected chi connectivity index (χ1v) is 27.0. The SMILES string of the molecule is CC(C)(C)c1cc(NC(=O)Nc2ccc(Oc3cccc(C(N)=O)c3)cc2)no1.CC(C)(C)c1cc(NC(=O)Nc2cccc(Oc3ccnc(C(N)=O)c3)c2)no1.CNC(=O)c1cc(Oc2cccc(N(C=O)Nc3cc(C(C)(C)C)on3)c2)ccn1. The lowest BCUT2D eigenvalue weighted by atomic mass is 9.93. The van der Waals surface area contributed by atoms with Crippen LogP contribution in [0, 0.1) is 0 Å². The smallest absolute Gasteiger partial charge is 0.324 e. The standard InChI is InChI=1S/C21H23N5O4.C21H22N4O4.C20H21N5O4/c1-21(2,3)18-12-19(25-30-18)24-26(13-27)14-6-5-7-15(10-14)29-16-8-9-23-17(11-16)20(28)22-4;1-21(2,3)17-12-18(25-29-17)24-20(27)23-14-7-9-15(10-8-14)28-16-6-4-5-13(11-16)19(22)26;1-20(2,3)16-11-17(25-29-16)24-19(27)23-12-5-4-6-13(9-12)28-14-7-8-22-15(10-14)18(21)26/h5-13H,1-4H3,(H,22,28)(H,24,25);4-12H,1-3H3,(H2,22,26)(H2,23,24,25,27);4-11H,1-3H3,(H2,21,26)(H2,23,24,25,27). The van der Waals surface area contributed by atoms with Crippen LogP contribution in [0.25, 0.3) is 0 Å². The number of nitrogens with two attached hydrogens (primary N) is 2. The number of pyridine rings is 2. The Balaban J connectivity index is 0.000000188. The highest BCUT2D eigenvalue weighted by atomic mass is 16.5. The van der Waals surface area contributed by atoms with Crippen LogP contribution in [0.4, 0.5) is 44.1 Å². The van der Waals surface area contributed by atoms with Crippen molar-refractivity contribution in [1.29, 1.82) is 0 Å². The van der Waals surface area contributed by atoms with E-state index in [9.17, 15) is 28.8 Å². The molecule has 9 aromatic rings. The first kappa shape index (κ1) is 64.0. The van der Waals surface area contributed by atoms with Crippen LogP contribution in [0.3, 0.4) is 0 Å². The Morgan fingerprint density at radius 2 is 0.932 bits per heavy atom. The molecule has 88 heavy (non-hydrogen) atoms. The molecule has 4 aromatic carbocycles. The first-order valence-electron chi connectivity index (χ1n) is 27.0. The van der Waals surface area contributed by atoms with E-state index in [2.05, 4.69) is 57.4 Å². The summed E-state index contributed by atoms with van der Waals surface area (Å²) in [5, 5.41) is 26.1. The van der Waals surface area contributed by atoms with E-state index in [1.165, 1.54) is 36.6 Å². The third kappa shape index (κ3) is 19.0. The number of primary amides is 2. The fourth-order valence-corrected chi connectivity index (χ4v) is 7.29. The lowest BCUT2D eigenvalue weighted by molar-refractivity contribution is -0.107. The van der Waals surface area contributed by atoms with Gasteiger partial charge in [0, 0.05) is 95.1 Å². The molecule has 0 saturated carbocycles. The van der Waals surface area contributed by atoms with Crippen molar-refractivity contribution in [2.45, 2.75) is 78.6 Å². The molecule has 0 aliphatic carbocycles. The van der Waals surface area contributed by atoms with Gasteiger partial charge in [0.1, 0.15) is 63.2 Å². The molecule has 5 aromatic heterocycles. The summed E-state index contributed by atoms with van der Waals surface area (Å²) >= 11 is 0. The van der Waals surface area contributed by atoms with Gasteiger partial charge in [0.15, 0.2) is 17.5 Å². The molecule has 0 saturated heterocycles. The molecular formula is C62H66N14O12. The molecule has 0 unspecified atom stereocenters. The molecule has 0 radical (unpaired) electrons. The number of nitrogens with one attached hydrogen (secondary N) is 6. The number of ether oxygens (including phenoxy) is 3. The molecule has 0 fully saturated rings. The number of hydrazine groups is 1. The maximum absolute atomic E-state index is 12.2. The number of hydrogen-bond donors (Lipinski definition) is 8. The van der Waals surface area contributed by atoms with Crippen molar-refractivity contribution in [3.63, 3.8) is 0 Å². The van der Waals surface area contributed by atoms with Gasteiger partial charge in [-0.15, -0.1) is 0 Å². The van der Waals surface area contributed by atoms with Gasteiger partial charge in [0.25, 0.3) is 11.8 Å². The second-order valence-corrected chi connectivity index (χ2v) is 22.2. The molecule has 9 rings (SSSR count). The van der Waals surface area contributed by atoms with Crippen LogP contribution in [0.5, 0.6) is 34.5 Å². The maximum Gasteiger partial charge on any atom is 0.324 e. The predicted molar refractivity (Wildman–Crippen MR) is 328 cm³/mol. The summed E-state index contributed by atoms with van der Waals surface area (Å²) < 4.78 is 33.0. The molecule has 8 amide bonds. The summed E-state index contributed by atoms with van der Waals surface area (Å²) in [5.74, 6) is 4.41. The van der Waals surface area contributed by atoms with Gasteiger partial charge in [-0.1, -0.05) is 96.0 Å². The lowest BCUT2D eigenvalue weighted by Gasteiger charge is -2.18.